The molecule has 0 aliphatic heterocycles. The van der Waals surface area contributed by atoms with E-state index < -0.39 is 4.92 Å². The summed E-state index contributed by atoms with van der Waals surface area (Å²) in [5.74, 6) is 1.88. The van der Waals surface area contributed by atoms with Crippen LogP contribution in [0.25, 0.3) is 11.5 Å². The Morgan fingerprint density at radius 1 is 1.43 bits per heavy atom. The first-order valence-corrected chi connectivity index (χ1v) is 6.92. The molecule has 2 N–H and O–H groups in total. The molecule has 1 aliphatic rings. The second kappa shape index (κ2) is 5.16. The zero-order chi connectivity index (χ0) is 15.0. The predicted octanol–water partition coefficient (Wildman–Crippen LogP) is 3.13. The van der Waals surface area contributed by atoms with E-state index in [9.17, 15) is 10.1 Å². The fourth-order valence-electron chi connectivity index (χ4n) is 2.79. The molecule has 0 bridgehead atoms. The quantitative estimate of drug-likeness (QED) is 0.528. The van der Waals surface area contributed by atoms with Gasteiger partial charge in [0.15, 0.2) is 5.82 Å². The molecule has 2 unspecified atom stereocenters. The van der Waals surface area contributed by atoms with Crippen molar-refractivity contribution in [3.8, 4) is 11.5 Å². The fraction of sp³-hybridized carbons (Fsp3) is 0.429. The van der Waals surface area contributed by atoms with Crippen molar-refractivity contribution < 1.29 is 9.45 Å². The van der Waals surface area contributed by atoms with E-state index in [4.69, 9.17) is 10.3 Å². The van der Waals surface area contributed by atoms with Crippen LogP contribution in [0.4, 0.5) is 11.4 Å². The highest BCUT2D eigenvalue weighted by Gasteiger charge is 2.27. The van der Waals surface area contributed by atoms with Crippen LogP contribution < -0.4 is 5.73 Å². The maximum absolute atomic E-state index is 10.8. The number of nitro benzene ring substituents is 1. The van der Waals surface area contributed by atoms with Crippen LogP contribution in [-0.2, 0) is 0 Å². The number of hydrogen-bond donors (Lipinski definition) is 1. The molecule has 0 saturated heterocycles. The molecule has 110 valence electrons. The second-order valence-corrected chi connectivity index (χ2v) is 5.60. The van der Waals surface area contributed by atoms with E-state index in [1.807, 2.05) is 0 Å². The summed E-state index contributed by atoms with van der Waals surface area (Å²) < 4.78 is 5.25. The van der Waals surface area contributed by atoms with Gasteiger partial charge in [0.1, 0.15) is 0 Å². The molecule has 7 heteroatoms. The molecule has 1 aliphatic carbocycles. The monoisotopic (exact) mass is 288 g/mol. The van der Waals surface area contributed by atoms with Crippen LogP contribution in [0.5, 0.6) is 0 Å². The lowest BCUT2D eigenvalue weighted by Gasteiger charge is -2.02. The van der Waals surface area contributed by atoms with Gasteiger partial charge in [0, 0.05) is 23.7 Å². The number of nitrogens with two attached hydrogens (primary N) is 1. The zero-order valence-corrected chi connectivity index (χ0v) is 11.7. The topological polar surface area (TPSA) is 108 Å². The summed E-state index contributed by atoms with van der Waals surface area (Å²) in [6, 6.07) is 4.20. The maximum Gasteiger partial charge on any atom is 0.270 e. The van der Waals surface area contributed by atoms with Crippen LogP contribution in [0, 0.1) is 16.0 Å². The Labute approximate surface area is 121 Å². The van der Waals surface area contributed by atoms with Crippen molar-refractivity contribution in [1.29, 1.82) is 0 Å². The van der Waals surface area contributed by atoms with Gasteiger partial charge < -0.3 is 10.3 Å². The average Bonchev–Trinajstić information content (AvgIpc) is 3.07. The number of hydrogen-bond acceptors (Lipinski definition) is 6. The van der Waals surface area contributed by atoms with Crippen LogP contribution >= 0.6 is 0 Å². The zero-order valence-electron chi connectivity index (χ0n) is 11.7. The summed E-state index contributed by atoms with van der Waals surface area (Å²) in [6.45, 7) is 2.21. The highest BCUT2D eigenvalue weighted by Crippen LogP contribution is 2.37. The van der Waals surface area contributed by atoms with E-state index in [-0.39, 0.29) is 11.6 Å². The summed E-state index contributed by atoms with van der Waals surface area (Å²) in [7, 11) is 0. The van der Waals surface area contributed by atoms with Gasteiger partial charge in [-0.2, -0.15) is 4.98 Å². The SMILES string of the molecule is CC1CCC(c2noc(-c3cc([N+](=O)[O-])ccc3N)n2)C1. The van der Waals surface area contributed by atoms with Gasteiger partial charge in [-0.05, 0) is 31.2 Å². The molecule has 2 aromatic rings. The van der Waals surface area contributed by atoms with Gasteiger partial charge in [0.25, 0.3) is 11.6 Å². The summed E-state index contributed by atoms with van der Waals surface area (Å²) in [6.07, 6.45) is 3.25. The van der Waals surface area contributed by atoms with E-state index >= 15 is 0 Å². The fourth-order valence-corrected chi connectivity index (χ4v) is 2.79. The van der Waals surface area contributed by atoms with E-state index in [2.05, 4.69) is 17.1 Å². The Kier molecular flexibility index (Phi) is 3.32. The van der Waals surface area contributed by atoms with Crippen LogP contribution in [-0.4, -0.2) is 15.1 Å². The van der Waals surface area contributed by atoms with Crippen LogP contribution in [0.3, 0.4) is 0 Å². The number of nitrogens with zero attached hydrogens (tertiary/aromatic N) is 3. The Hall–Kier alpha value is -2.44. The van der Waals surface area contributed by atoms with E-state index in [0.717, 1.165) is 19.3 Å². The lowest BCUT2D eigenvalue weighted by molar-refractivity contribution is -0.384. The largest absolute Gasteiger partial charge is 0.398 e. The minimum atomic E-state index is -0.473. The normalized spacial score (nSPS) is 21.6. The molecule has 1 aromatic carbocycles. The van der Waals surface area contributed by atoms with Crippen LogP contribution in [0.1, 0.15) is 37.9 Å². The number of rotatable bonds is 3. The molecule has 1 fully saturated rings. The molecule has 2 atom stereocenters. The number of nitro groups is 1. The Balaban J connectivity index is 1.92. The van der Waals surface area contributed by atoms with Crippen LogP contribution in [0.15, 0.2) is 22.7 Å². The number of nitrogen functional groups attached to an aromatic ring is 1. The van der Waals surface area contributed by atoms with E-state index in [1.54, 1.807) is 0 Å². The minimum Gasteiger partial charge on any atom is -0.398 e. The maximum atomic E-state index is 10.8. The van der Waals surface area contributed by atoms with Gasteiger partial charge in [-0.3, -0.25) is 10.1 Å². The third kappa shape index (κ3) is 2.58. The summed E-state index contributed by atoms with van der Waals surface area (Å²) in [5, 5.41) is 14.9. The summed E-state index contributed by atoms with van der Waals surface area (Å²) in [5.41, 5.74) is 6.60. The lowest BCUT2D eigenvalue weighted by atomic mass is 10.1. The summed E-state index contributed by atoms with van der Waals surface area (Å²) >= 11 is 0. The predicted molar refractivity (Wildman–Crippen MR) is 76.6 cm³/mol. The highest BCUT2D eigenvalue weighted by atomic mass is 16.6. The van der Waals surface area contributed by atoms with Gasteiger partial charge >= 0.3 is 0 Å². The van der Waals surface area contributed by atoms with Gasteiger partial charge in [-0.25, -0.2) is 0 Å². The van der Waals surface area contributed by atoms with Crippen molar-refractivity contribution in [3.63, 3.8) is 0 Å². The Morgan fingerprint density at radius 2 is 2.24 bits per heavy atom. The first-order chi connectivity index (χ1) is 10.0. The number of non-ortho nitro benzene ring substituents is 1. The van der Waals surface area contributed by atoms with Crippen molar-refractivity contribution >= 4 is 11.4 Å². The third-order valence-corrected chi connectivity index (χ3v) is 3.98. The molecule has 21 heavy (non-hydrogen) atoms. The van der Waals surface area contributed by atoms with Crippen LogP contribution in [0.2, 0.25) is 0 Å². The van der Waals surface area contributed by atoms with Gasteiger partial charge in [0.05, 0.1) is 10.5 Å². The summed E-state index contributed by atoms with van der Waals surface area (Å²) in [4.78, 5) is 14.7. The molecule has 3 rings (SSSR count). The van der Waals surface area contributed by atoms with Crippen molar-refractivity contribution in [3.05, 3.63) is 34.1 Å². The molecule has 1 saturated carbocycles. The van der Waals surface area contributed by atoms with Crippen molar-refractivity contribution in [2.75, 3.05) is 5.73 Å². The molecule has 1 heterocycles. The van der Waals surface area contributed by atoms with E-state index in [0.29, 0.717) is 28.9 Å². The number of benzene rings is 1. The Morgan fingerprint density at radius 3 is 2.90 bits per heavy atom. The van der Waals surface area contributed by atoms with Gasteiger partial charge in [-0.1, -0.05) is 12.1 Å². The van der Waals surface area contributed by atoms with Crippen molar-refractivity contribution in [1.82, 2.24) is 10.1 Å². The van der Waals surface area contributed by atoms with E-state index in [1.165, 1.54) is 18.2 Å². The molecular weight excluding hydrogens is 272 g/mol. The lowest BCUT2D eigenvalue weighted by Crippen LogP contribution is -1.97. The average molecular weight is 288 g/mol. The van der Waals surface area contributed by atoms with Gasteiger partial charge in [-0.15, -0.1) is 0 Å². The number of anilines is 1. The molecular formula is C14H16N4O3. The third-order valence-electron chi connectivity index (χ3n) is 3.98. The molecule has 0 spiro atoms. The molecule has 1 aromatic heterocycles. The first-order valence-electron chi connectivity index (χ1n) is 6.92. The molecule has 0 radical (unpaired) electrons. The molecule has 0 amide bonds. The number of aromatic nitrogens is 2. The highest BCUT2D eigenvalue weighted by molar-refractivity contribution is 5.73. The standard InChI is InChI=1S/C14H16N4O3/c1-8-2-3-9(6-8)13-16-14(21-17-13)11-7-10(18(19)20)4-5-12(11)15/h4-5,7-9H,2-3,6,15H2,1H3. The smallest absolute Gasteiger partial charge is 0.270 e. The second-order valence-electron chi connectivity index (χ2n) is 5.60. The molecule has 7 nitrogen and oxygen atoms in total. The minimum absolute atomic E-state index is 0.0477. The first kappa shape index (κ1) is 13.5. The van der Waals surface area contributed by atoms with Crippen molar-refractivity contribution in [2.24, 2.45) is 5.92 Å². The Bertz CT molecular complexity index is 683. The van der Waals surface area contributed by atoms with Crippen molar-refractivity contribution in [2.45, 2.75) is 32.1 Å². The van der Waals surface area contributed by atoms with Gasteiger partial charge in [0.2, 0.25) is 0 Å².